The highest BCUT2D eigenvalue weighted by molar-refractivity contribution is 7.15. The van der Waals surface area contributed by atoms with E-state index < -0.39 is 0 Å². The molecule has 0 bridgehead atoms. The molecule has 30 heavy (non-hydrogen) atoms. The maximum absolute atomic E-state index is 13.1. The summed E-state index contributed by atoms with van der Waals surface area (Å²) in [7, 11) is 0. The van der Waals surface area contributed by atoms with Crippen LogP contribution in [0.4, 0.5) is 0 Å². The largest absolute Gasteiger partial charge is 0.490 e. The van der Waals surface area contributed by atoms with E-state index in [1.165, 1.54) is 29.7 Å². The quantitative estimate of drug-likeness (QED) is 0.468. The molecule has 0 spiro atoms. The van der Waals surface area contributed by atoms with Gasteiger partial charge in [-0.05, 0) is 80.5 Å². The lowest BCUT2D eigenvalue weighted by molar-refractivity contribution is 0.267. The smallest absolute Gasteiger partial charge is 0.274 e. The maximum Gasteiger partial charge on any atom is 0.274 e. The number of ether oxygens (including phenoxy) is 2. The number of aromatic nitrogens is 2. The number of imidazole rings is 1. The Morgan fingerprint density at radius 1 is 1.17 bits per heavy atom. The van der Waals surface area contributed by atoms with Crippen molar-refractivity contribution in [2.75, 3.05) is 13.2 Å². The van der Waals surface area contributed by atoms with Gasteiger partial charge in [0.1, 0.15) is 0 Å². The minimum Gasteiger partial charge on any atom is -0.490 e. The van der Waals surface area contributed by atoms with Crippen molar-refractivity contribution in [3.8, 4) is 11.5 Å². The van der Waals surface area contributed by atoms with Crippen LogP contribution in [0.2, 0.25) is 0 Å². The van der Waals surface area contributed by atoms with E-state index in [0.29, 0.717) is 17.1 Å². The molecule has 0 atom stereocenters. The normalized spacial score (nSPS) is 14.7. The Bertz CT molecular complexity index is 1370. The molecule has 0 saturated heterocycles. The van der Waals surface area contributed by atoms with Gasteiger partial charge in [-0.25, -0.2) is 9.38 Å². The fraction of sp³-hybridized carbons (Fsp3) is 0.333. The van der Waals surface area contributed by atoms with Crippen LogP contribution in [0.5, 0.6) is 11.5 Å². The number of thiazole rings is 1. The van der Waals surface area contributed by atoms with Crippen LogP contribution in [0.1, 0.15) is 36.5 Å². The lowest BCUT2D eigenvalue weighted by atomic mass is 10.1. The Labute approximate surface area is 178 Å². The molecule has 4 aromatic rings. The second kappa shape index (κ2) is 7.43. The van der Waals surface area contributed by atoms with Crippen molar-refractivity contribution >= 4 is 33.4 Å². The second-order valence-electron chi connectivity index (χ2n) is 7.91. The van der Waals surface area contributed by atoms with Crippen LogP contribution in [0.15, 0.2) is 35.1 Å². The summed E-state index contributed by atoms with van der Waals surface area (Å²) in [5.41, 5.74) is 4.95. The van der Waals surface area contributed by atoms with Gasteiger partial charge in [-0.2, -0.15) is 0 Å². The van der Waals surface area contributed by atoms with Crippen molar-refractivity contribution in [3.63, 3.8) is 0 Å². The van der Waals surface area contributed by atoms with E-state index in [2.05, 4.69) is 6.92 Å². The number of aryl methyl sites for hydroxylation is 2. The first kappa shape index (κ1) is 19.1. The molecule has 2 aromatic heterocycles. The average molecular weight is 421 g/mol. The Balaban J connectivity index is 1.56. The van der Waals surface area contributed by atoms with E-state index in [4.69, 9.17) is 14.5 Å². The van der Waals surface area contributed by atoms with Gasteiger partial charge in [0.2, 0.25) is 0 Å². The molecule has 2 heterocycles. The SMILES string of the molecule is CCOc1cc(/C=c2\sc3nc4c(C)c(C)ccc4n3c2=O)ccc1OCC1CC1. The molecule has 0 amide bonds. The Morgan fingerprint density at radius 2 is 2.00 bits per heavy atom. The topological polar surface area (TPSA) is 52.8 Å². The number of hydrogen-bond donors (Lipinski definition) is 0. The van der Waals surface area contributed by atoms with Crippen LogP contribution in [0.25, 0.3) is 22.1 Å². The molecule has 0 unspecified atom stereocenters. The molecule has 1 aliphatic rings. The third-order valence-corrected chi connectivity index (χ3v) is 6.64. The molecule has 6 heteroatoms. The average Bonchev–Trinajstić information content (AvgIpc) is 3.42. The van der Waals surface area contributed by atoms with Crippen molar-refractivity contribution < 1.29 is 9.47 Å². The lowest BCUT2D eigenvalue weighted by Crippen LogP contribution is -2.22. The fourth-order valence-electron chi connectivity index (χ4n) is 3.61. The van der Waals surface area contributed by atoms with Gasteiger partial charge < -0.3 is 9.47 Å². The molecule has 154 valence electrons. The fourth-order valence-corrected chi connectivity index (χ4v) is 4.59. The first-order valence-corrected chi connectivity index (χ1v) is 11.2. The molecule has 5 nitrogen and oxygen atoms in total. The van der Waals surface area contributed by atoms with Crippen molar-refractivity contribution in [1.29, 1.82) is 0 Å². The molecule has 1 fully saturated rings. The summed E-state index contributed by atoms with van der Waals surface area (Å²) in [5.74, 6) is 2.16. The summed E-state index contributed by atoms with van der Waals surface area (Å²) in [6, 6.07) is 9.87. The van der Waals surface area contributed by atoms with Crippen molar-refractivity contribution in [1.82, 2.24) is 9.38 Å². The summed E-state index contributed by atoms with van der Waals surface area (Å²) in [5, 5.41) is 0. The standard InChI is InChI=1S/C24H24N2O3S/c1-4-28-20-11-17(8-10-19(20)29-13-16-6-7-16)12-21-23(27)26-18-9-5-14(2)15(3)22(18)25-24(26)30-21/h5,8-12,16H,4,6-7,13H2,1-3H3/b21-12-. The number of hydrogen-bond acceptors (Lipinski definition) is 5. The molecule has 0 aliphatic heterocycles. The van der Waals surface area contributed by atoms with E-state index >= 15 is 0 Å². The first-order valence-electron chi connectivity index (χ1n) is 10.4. The zero-order valence-corrected chi connectivity index (χ0v) is 18.2. The highest BCUT2D eigenvalue weighted by Crippen LogP contribution is 2.33. The van der Waals surface area contributed by atoms with Gasteiger partial charge in [0.15, 0.2) is 16.5 Å². The number of benzene rings is 2. The van der Waals surface area contributed by atoms with Crippen LogP contribution < -0.4 is 19.6 Å². The number of fused-ring (bicyclic) bond motifs is 3. The van der Waals surface area contributed by atoms with E-state index in [0.717, 1.165) is 45.2 Å². The monoisotopic (exact) mass is 420 g/mol. The predicted molar refractivity (Wildman–Crippen MR) is 121 cm³/mol. The molecule has 1 aliphatic carbocycles. The van der Waals surface area contributed by atoms with Crippen molar-refractivity contribution in [3.05, 3.63) is 61.9 Å². The van der Waals surface area contributed by atoms with Gasteiger partial charge >= 0.3 is 0 Å². The van der Waals surface area contributed by atoms with Crippen LogP contribution >= 0.6 is 11.3 Å². The maximum atomic E-state index is 13.1. The molecule has 5 rings (SSSR count). The van der Waals surface area contributed by atoms with Crippen molar-refractivity contribution in [2.45, 2.75) is 33.6 Å². The van der Waals surface area contributed by atoms with Crippen LogP contribution in [0, 0.1) is 19.8 Å². The van der Waals surface area contributed by atoms with Crippen LogP contribution in [-0.2, 0) is 0 Å². The third-order valence-electron chi connectivity index (χ3n) is 5.67. The highest BCUT2D eigenvalue weighted by atomic mass is 32.1. The molecular weight excluding hydrogens is 396 g/mol. The van der Waals surface area contributed by atoms with E-state index in [1.807, 2.05) is 50.3 Å². The van der Waals surface area contributed by atoms with E-state index in [9.17, 15) is 4.79 Å². The second-order valence-corrected chi connectivity index (χ2v) is 8.92. The minimum absolute atomic E-state index is 0.0345. The molecular formula is C24H24N2O3S. The van der Waals surface area contributed by atoms with Crippen molar-refractivity contribution in [2.24, 2.45) is 5.92 Å². The zero-order valence-electron chi connectivity index (χ0n) is 17.4. The van der Waals surface area contributed by atoms with Gasteiger partial charge in [0, 0.05) is 0 Å². The molecule has 0 radical (unpaired) electrons. The Kier molecular flexibility index (Phi) is 4.74. The first-order chi connectivity index (χ1) is 14.5. The minimum atomic E-state index is -0.0345. The van der Waals surface area contributed by atoms with Crippen LogP contribution in [0.3, 0.4) is 0 Å². The molecule has 2 aromatic carbocycles. The number of rotatable bonds is 6. The number of nitrogens with zero attached hydrogens (tertiary/aromatic N) is 2. The van der Waals surface area contributed by atoms with Gasteiger partial charge in [-0.1, -0.05) is 23.5 Å². The third kappa shape index (κ3) is 3.35. The zero-order chi connectivity index (χ0) is 20.8. The van der Waals surface area contributed by atoms with Crippen LogP contribution in [-0.4, -0.2) is 22.6 Å². The Hall–Kier alpha value is -2.86. The van der Waals surface area contributed by atoms with Gasteiger partial charge in [0.05, 0.1) is 28.8 Å². The lowest BCUT2D eigenvalue weighted by Gasteiger charge is -2.12. The molecule has 1 saturated carbocycles. The molecule has 0 N–H and O–H groups in total. The summed E-state index contributed by atoms with van der Waals surface area (Å²) in [6.07, 6.45) is 4.40. The predicted octanol–water partition coefficient (Wildman–Crippen LogP) is 4.26. The van der Waals surface area contributed by atoms with E-state index in [1.54, 1.807) is 4.40 Å². The van der Waals surface area contributed by atoms with Gasteiger partial charge in [0.25, 0.3) is 5.56 Å². The van der Waals surface area contributed by atoms with Gasteiger partial charge in [-0.3, -0.25) is 4.79 Å². The summed E-state index contributed by atoms with van der Waals surface area (Å²) in [6.45, 7) is 7.37. The van der Waals surface area contributed by atoms with E-state index in [-0.39, 0.29) is 5.56 Å². The summed E-state index contributed by atoms with van der Waals surface area (Å²) in [4.78, 5) is 18.6. The summed E-state index contributed by atoms with van der Waals surface area (Å²) >= 11 is 1.42. The van der Waals surface area contributed by atoms with Gasteiger partial charge in [-0.15, -0.1) is 0 Å². The summed E-state index contributed by atoms with van der Waals surface area (Å²) < 4.78 is 14.1. The Morgan fingerprint density at radius 3 is 2.77 bits per heavy atom. The highest BCUT2D eigenvalue weighted by Gasteiger charge is 2.22.